The first-order valence-corrected chi connectivity index (χ1v) is 6.95. The van der Waals surface area contributed by atoms with Crippen LogP contribution >= 0.6 is 11.8 Å². The van der Waals surface area contributed by atoms with Crippen LogP contribution in [-0.2, 0) is 4.79 Å². The van der Waals surface area contributed by atoms with Gasteiger partial charge < -0.3 is 16.9 Å². The van der Waals surface area contributed by atoms with Crippen molar-refractivity contribution in [2.75, 3.05) is 16.9 Å². The molecule has 9 heteroatoms. The first-order valence-electron chi connectivity index (χ1n) is 5.97. The Labute approximate surface area is 124 Å². The maximum Gasteiger partial charge on any atom is 0.248 e. The van der Waals surface area contributed by atoms with Crippen molar-refractivity contribution >= 4 is 29.3 Å². The number of nitrogens with two attached hydrogens (primary N) is 2. The first-order chi connectivity index (χ1) is 9.97. The smallest absolute Gasteiger partial charge is 0.248 e. The number of aryl methyl sites for hydroxylation is 1. The van der Waals surface area contributed by atoms with Gasteiger partial charge in [0.15, 0.2) is 0 Å². The van der Waals surface area contributed by atoms with Crippen LogP contribution in [0.2, 0.25) is 0 Å². The van der Waals surface area contributed by atoms with Gasteiger partial charge in [0, 0.05) is 11.3 Å². The van der Waals surface area contributed by atoms with Crippen molar-refractivity contribution in [2.24, 2.45) is 5.73 Å². The number of nitrogens with zero attached hydrogens (tertiary/aromatic N) is 3. The summed E-state index contributed by atoms with van der Waals surface area (Å²) in [7, 11) is 0. The van der Waals surface area contributed by atoms with E-state index in [9.17, 15) is 9.59 Å². The van der Waals surface area contributed by atoms with Gasteiger partial charge in [-0.2, -0.15) is 0 Å². The number of hydrogen-bond donors (Lipinski definition) is 3. The number of nitrogen functional groups attached to an aromatic ring is 1. The van der Waals surface area contributed by atoms with Crippen molar-refractivity contribution in [3.05, 3.63) is 35.7 Å². The maximum absolute atomic E-state index is 11.8. The average Bonchev–Trinajstić information content (AvgIpc) is 2.77. The van der Waals surface area contributed by atoms with Gasteiger partial charge in [-0.15, -0.1) is 10.2 Å². The maximum atomic E-state index is 11.8. The molecule has 0 unspecified atom stereocenters. The molecule has 0 aliphatic heterocycles. The zero-order valence-corrected chi connectivity index (χ0v) is 12.1. The van der Waals surface area contributed by atoms with Crippen molar-refractivity contribution < 1.29 is 9.59 Å². The molecule has 0 spiro atoms. The Balaban J connectivity index is 1.89. The lowest BCUT2D eigenvalue weighted by atomic mass is 10.2. The molecule has 5 N–H and O–H groups in total. The number of carbonyl (C=O) groups excluding carboxylic acids is 2. The summed E-state index contributed by atoms with van der Waals surface area (Å²) in [6, 6.07) is 6.31. The molecule has 1 aromatic heterocycles. The number of benzene rings is 1. The highest BCUT2D eigenvalue weighted by molar-refractivity contribution is 7.99. The molecular formula is C12H14N6O2S. The summed E-state index contributed by atoms with van der Waals surface area (Å²) < 4.78 is 1.32. The van der Waals surface area contributed by atoms with Gasteiger partial charge in [0.2, 0.25) is 17.0 Å². The number of amides is 2. The van der Waals surface area contributed by atoms with E-state index in [0.29, 0.717) is 22.2 Å². The monoisotopic (exact) mass is 306 g/mol. The van der Waals surface area contributed by atoms with E-state index in [0.717, 1.165) is 0 Å². The van der Waals surface area contributed by atoms with Gasteiger partial charge in [-0.3, -0.25) is 9.59 Å². The van der Waals surface area contributed by atoms with Gasteiger partial charge in [0.05, 0.1) is 5.75 Å². The lowest BCUT2D eigenvalue weighted by molar-refractivity contribution is -0.113. The van der Waals surface area contributed by atoms with Gasteiger partial charge in [-0.25, -0.2) is 4.68 Å². The number of rotatable bonds is 5. The van der Waals surface area contributed by atoms with Crippen LogP contribution in [0.4, 0.5) is 5.69 Å². The van der Waals surface area contributed by atoms with Crippen LogP contribution in [0.5, 0.6) is 0 Å². The third-order valence-corrected chi connectivity index (χ3v) is 3.56. The molecule has 21 heavy (non-hydrogen) atoms. The molecule has 2 rings (SSSR count). The minimum Gasteiger partial charge on any atom is -0.366 e. The van der Waals surface area contributed by atoms with Gasteiger partial charge in [0.25, 0.3) is 0 Å². The largest absolute Gasteiger partial charge is 0.366 e. The van der Waals surface area contributed by atoms with Crippen LogP contribution in [-0.4, -0.2) is 32.4 Å². The summed E-state index contributed by atoms with van der Waals surface area (Å²) in [5, 5.41) is 10.8. The lowest BCUT2D eigenvalue weighted by Crippen LogP contribution is -2.16. The van der Waals surface area contributed by atoms with E-state index in [4.69, 9.17) is 11.6 Å². The van der Waals surface area contributed by atoms with Crippen molar-refractivity contribution in [3.8, 4) is 0 Å². The predicted molar refractivity (Wildman–Crippen MR) is 79.2 cm³/mol. The number of anilines is 1. The number of hydrogen-bond acceptors (Lipinski definition) is 6. The van der Waals surface area contributed by atoms with Gasteiger partial charge in [-0.05, 0) is 31.2 Å². The SMILES string of the molecule is Cc1nnc(SCC(=O)Nc2ccc(C(N)=O)cc2)n1N. The molecule has 2 amide bonds. The van der Waals surface area contributed by atoms with E-state index in [1.54, 1.807) is 31.2 Å². The van der Waals surface area contributed by atoms with Crippen LogP contribution in [0.1, 0.15) is 16.2 Å². The van der Waals surface area contributed by atoms with Crippen molar-refractivity contribution in [2.45, 2.75) is 12.1 Å². The minimum absolute atomic E-state index is 0.146. The Morgan fingerprint density at radius 1 is 1.29 bits per heavy atom. The molecule has 2 aromatic rings. The van der Waals surface area contributed by atoms with E-state index in [2.05, 4.69) is 15.5 Å². The van der Waals surface area contributed by atoms with Gasteiger partial charge in [0.1, 0.15) is 5.82 Å². The predicted octanol–water partition coefficient (Wildman–Crippen LogP) is 0.130. The molecule has 0 radical (unpaired) electrons. The molecule has 110 valence electrons. The van der Waals surface area contributed by atoms with E-state index < -0.39 is 5.91 Å². The fourth-order valence-electron chi connectivity index (χ4n) is 1.49. The van der Waals surface area contributed by atoms with Gasteiger partial charge in [-0.1, -0.05) is 11.8 Å². The number of primary amides is 1. The second kappa shape index (κ2) is 6.27. The minimum atomic E-state index is -0.513. The standard InChI is InChI=1S/C12H14N6O2S/c1-7-16-17-12(18(7)14)21-6-10(19)15-9-4-2-8(3-5-9)11(13)20/h2-5H,6,14H2,1H3,(H2,13,20)(H,15,19). The number of thioether (sulfide) groups is 1. The normalized spacial score (nSPS) is 10.3. The molecule has 1 aromatic carbocycles. The fraction of sp³-hybridized carbons (Fsp3) is 0.167. The third kappa shape index (κ3) is 3.72. The van der Waals surface area contributed by atoms with E-state index >= 15 is 0 Å². The molecule has 0 bridgehead atoms. The molecule has 0 saturated heterocycles. The molecular weight excluding hydrogens is 292 g/mol. The highest BCUT2D eigenvalue weighted by Crippen LogP contribution is 2.15. The van der Waals surface area contributed by atoms with Crippen LogP contribution in [0.25, 0.3) is 0 Å². The second-order valence-corrected chi connectivity index (χ2v) is 5.12. The Morgan fingerprint density at radius 2 is 1.95 bits per heavy atom. The summed E-state index contributed by atoms with van der Waals surface area (Å²) in [6.45, 7) is 1.72. The number of nitrogens with one attached hydrogen (secondary N) is 1. The summed E-state index contributed by atoms with van der Waals surface area (Å²) in [5.74, 6) is 5.67. The highest BCUT2D eigenvalue weighted by atomic mass is 32.2. The molecule has 0 fully saturated rings. The van der Waals surface area contributed by atoms with Crippen molar-refractivity contribution in [1.29, 1.82) is 0 Å². The summed E-state index contributed by atoms with van der Waals surface area (Å²) in [5.41, 5.74) is 6.10. The molecule has 1 heterocycles. The highest BCUT2D eigenvalue weighted by Gasteiger charge is 2.10. The van der Waals surface area contributed by atoms with Crippen LogP contribution in [0.15, 0.2) is 29.4 Å². The van der Waals surface area contributed by atoms with Gasteiger partial charge >= 0.3 is 0 Å². The number of aromatic nitrogens is 3. The van der Waals surface area contributed by atoms with E-state index in [1.807, 2.05) is 0 Å². The summed E-state index contributed by atoms with van der Waals surface area (Å²) in [4.78, 5) is 22.7. The summed E-state index contributed by atoms with van der Waals surface area (Å²) >= 11 is 1.18. The molecule has 0 aliphatic rings. The zero-order chi connectivity index (χ0) is 15.4. The fourth-order valence-corrected chi connectivity index (χ4v) is 2.20. The molecule has 8 nitrogen and oxygen atoms in total. The Kier molecular flexibility index (Phi) is 4.43. The zero-order valence-electron chi connectivity index (χ0n) is 11.2. The quantitative estimate of drug-likeness (QED) is 0.532. The molecule has 0 aliphatic carbocycles. The Morgan fingerprint density at radius 3 is 2.48 bits per heavy atom. The lowest BCUT2D eigenvalue weighted by Gasteiger charge is -2.05. The van der Waals surface area contributed by atoms with Crippen molar-refractivity contribution in [3.63, 3.8) is 0 Å². The van der Waals surface area contributed by atoms with Crippen molar-refractivity contribution in [1.82, 2.24) is 14.9 Å². The summed E-state index contributed by atoms with van der Waals surface area (Å²) in [6.07, 6.45) is 0. The van der Waals surface area contributed by atoms with Crippen LogP contribution < -0.4 is 16.9 Å². The molecule has 0 atom stereocenters. The average molecular weight is 306 g/mol. The topological polar surface area (TPSA) is 129 Å². The Hall–Kier alpha value is -2.55. The second-order valence-electron chi connectivity index (χ2n) is 4.18. The van der Waals surface area contributed by atoms with E-state index in [1.165, 1.54) is 16.4 Å². The number of carbonyl (C=O) groups is 2. The molecule has 0 saturated carbocycles. The first kappa shape index (κ1) is 14.9. The Bertz CT molecular complexity index is 667. The van der Waals surface area contributed by atoms with Crippen LogP contribution in [0.3, 0.4) is 0 Å². The third-order valence-electron chi connectivity index (χ3n) is 2.62. The van der Waals surface area contributed by atoms with Crippen LogP contribution in [0, 0.1) is 6.92 Å². The van der Waals surface area contributed by atoms with E-state index in [-0.39, 0.29) is 11.7 Å².